The molecule has 1 aromatic carbocycles. The van der Waals surface area contributed by atoms with Gasteiger partial charge in [0.15, 0.2) is 6.04 Å². The molecule has 0 spiro atoms. The van der Waals surface area contributed by atoms with Gasteiger partial charge in [-0.1, -0.05) is 25.0 Å². The number of quaternary nitrogens is 1. The Morgan fingerprint density at radius 3 is 2.79 bits per heavy atom. The third-order valence-corrected chi connectivity index (χ3v) is 6.33. The molecule has 2 aromatic heterocycles. The molecule has 0 bridgehead atoms. The molecule has 1 atom stereocenters. The van der Waals surface area contributed by atoms with Crippen molar-refractivity contribution in [1.29, 1.82) is 0 Å². The molecule has 0 radical (unpaired) electrons. The van der Waals surface area contributed by atoms with E-state index in [1.807, 2.05) is 23.7 Å². The maximum Gasteiger partial charge on any atom is 0.258 e. The van der Waals surface area contributed by atoms with Gasteiger partial charge in [-0.15, -0.1) is 5.10 Å². The summed E-state index contributed by atoms with van der Waals surface area (Å²) in [6, 6.07) is 8.29. The summed E-state index contributed by atoms with van der Waals surface area (Å²) in [4.78, 5) is 17.5. The minimum absolute atomic E-state index is 0.0620. The maximum absolute atomic E-state index is 13.2. The van der Waals surface area contributed by atoms with Gasteiger partial charge in [-0.3, -0.25) is 4.79 Å². The summed E-state index contributed by atoms with van der Waals surface area (Å²) in [7, 11) is 0. The molecule has 1 aliphatic carbocycles. The molecule has 8 nitrogen and oxygen atoms in total. The highest BCUT2D eigenvalue weighted by molar-refractivity contribution is 5.79. The lowest BCUT2D eigenvalue weighted by Crippen LogP contribution is -3.14. The largest absolute Gasteiger partial charge is 0.370 e. The van der Waals surface area contributed by atoms with E-state index in [1.54, 1.807) is 0 Å². The summed E-state index contributed by atoms with van der Waals surface area (Å²) in [5, 5.41) is 13.8. The third kappa shape index (κ3) is 3.47. The molecule has 2 fully saturated rings. The van der Waals surface area contributed by atoms with E-state index >= 15 is 0 Å². The Balaban J connectivity index is 1.65. The van der Waals surface area contributed by atoms with Crippen LogP contribution in [-0.4, -0.2) is 51.5 Å². The van der Waals surface area contributed by atoms with Crippen molar-refractivity contribution in [3.63, 3.8) is 0 Å². The van der Waals surface area contributed by atoms with E-state index in [9.17, 15) is 4.79 Å². The summed E-state index contributed by atoms with van der Waals surface area (Å²) in [6.07, 6.45) is 4.59. The molecule has 29 heavy (non-hydrogen) atoms. The Morgan fingerprint density at radius 2 is 2.00 bits per heavy atom. The molecule has 5 rings (SSSR count). The van der Waals surface area contributed by atoms with Gasteiger partial charge in [0.2, 0.25) is 5.82 Å². The second kappa shape index (κ2) is 7.68. The van der Waals surface area contributed by atoms with Crippen molar-refractivity contribution < 1.29 is 9.64 Å². The average molecular weight is 395 g/mol. The number of benzene rings is 1. The maximum atomic E-state index is 13.2. The lowest BCUT2D eigenvalue weighted by atomic mass is 10.0. The Hall–Kier alpha value is -2.58. The van der Waals surface area contributed by atoms with Gasteiger partial charge in [-0.2, -0.15) is 0 Å². The van der Waals surface area contributed by atoms with E-state index < -0.39 is 0 Å². The number of aryl methyl sites for hydroxylation is 1. The fourth-order valence-electron chi connectivity index (χ4n) is 4.81. The Morgan fingerprint density at radius 1 is 1.21 bits per heavy atom. The van der Waals surface area contributed by atoms with Gasteiger partial charge >= 0.3 is 0 Å². The summed E-state index contributed by atoms with van der Waals surface area (Å²) < 4.78 is 7.57. The fourth-order valence-corrected chi connectivity index (χ4v) is 4.81. The zero-order chi connectivity index (χ0) is 19.8. The van der Waals surface area contributed by atoms with Crippen LogP contribution in [-0.2, 0) is 4.74 Å². The predicted octanol–water partition coefficient (Wildman–Crippen LogP) is 0.943. The van der Waals surface area contributed by atoms with Crippen LogP contribution in [0.15, 0.2) is 29.1 Å². The molecule has 1 aliphatic heterocycles. The first-order chi connectivity index (χ1) is 14.2. The number of H-pyrrole nitrogens is 1. The zero-order valence-corrected chi connectivity index (χ0v) is 16.7. The summed E-state index contributed by atoms with van der Waals surface area (Å²) in [6.45, 7) is 5.05. The van der Waals surface area contributed by atoms with Crippen LogP contribution in [0.2, 0.25) is 0 Å². The van der Waals surface area contributed by atoms with E-state index in [-0.39, 0.29) is 11.6 Å². The van der Waals surface area contributed by atoms with Gasteiger partial charge in [-0.05, 0) is 53.3 Å². The lowest BCUT2D eigenvalue weighted by molar-refractivity contribution is -0.933. The minimum Gasteiger partial charge on any atom is -0.370 e. The van der Waals surface area contributed by atoms with E-state index in [0.29, 0.717) is 19.3 Å². The summed E-state index contributed by atoms with van der Waals surface area (Å²) >= 11 is 0. The van der Waals surface area contributed by atoms with Crippen LogP contribution in [0.3, 0.4) is 0 Å². The van der Waals surface area contributed by atoms with Gasteiger partial charge < -0.3 is 14.6 Å². The number of fused-ring (bicyclic) bond motifs is 1. The molecule has 152 valence electrons. The van der Waals surface area contributed by atoms with Crippen molar-refractivity contribution in [2.24, 2.45) is 0 Å². The molecule has 3 heterocycles. The Kier molecular flexibility index (Phi) is 4.89. The molecule has 2 aliphatic rings. The van der Waals surface area contributed by atoms with Crippen LogP contribution in [0, 0.1) is 6.92 Å². The van der Waals surface area contributed by atoms with Gasteiger partial charge in [0.1, 0.15) is 13.1 Å². The molecule has 1 saturated heterocycles. The first-order valence-corrected chi connectivity index (χ1v) is 10.5. The van der Waals surface area contributed by atoms with Gasteiger partial charge in [0.25, 0.3) is 5.56 Å². The van der Waals surface area contributed by atoms with E-state index in [0.717, 1.165) is 53.8 Å². The van der Waals surface area contributed by atoms with Crippen molar-refractivity contribution in [3.8, 4) is 0 Å². The van der Waals surface area contributed by atoms with Gasteiger partial charge in [-0.25, -0.2) is 4.68 Å². The van der Waals surface area contributed by atoms with Crippen LogP contribution in [0.1, 0.15) is 54.7 Å². The normalized spacial score (nSPS) is 19.8. The van der Waals surface area contributed by atoms with E-state index in [1.165, 1.54) is 17.7 Å². The standard InChI is InChI=1S/C21H26N6O2/c1-14-6-7-15-13-17(21(28)22-18(15)12-14)19(26-8-10-29-11-9-26)20-23-24-25-27(20)16-4-2-3-5-16/h6-7,12-13,16,19H,2-5,8-11H2,1H3,(H,22,28)/p+1/t19-/m1/s1. The Bertz CT molecular complexity index is 1060. The van der Waals surface area contributed by atoms with Crippen molar-refractivity contribution >= 4 is 10.9 Å². The Labute approximate surface area is 168 Å². The number of ether oxygens (including phenoxy) is 1. The number of nitrogens with one attached hydrogen (secondary N) is 2. The number of morpholine rings is 1. The third-order valence-electron chi connectivity index (χ3n) is 6.33. The monoisotopic (exact) mass is 395 g/mol. The minimum atomic E-state index is -0.205. The van der Waals surface area contributed by atoms with Crippen LogP contribution < -0.4 is 10.5 Å². The SMILES string of the molecule is Cc1ccc2cc([C@H](c3nnnn3C3CCCC3)[NH+]3CCOCC3)c(=O)[nH]c2c1. The van der Waals surface area contributed by atoms with Gasteiger partial charge in [0.05, 0.1) is 24.8 Å². The van der Waals surface area contributed by atoms with Crippen LogP contribution >= 0.6 is 0 Å². The number of hydrogen-bond donors (Lipinski definition) is 2. The number of rotatable bonds is 4. The van der Waals surface area contributed by atoms with Crippen molar-refractivity contribution in [1.82, 2.24) is 25.2 Å². The molecule has 1 saturated carbocycles. The number of tetrazole rings is 1. The fraction of sp³-hybridized carbons (Fsp3) is 0.524. The molecular weight excluding hydrogens is 368 g/mol. The highest BCUT2D eigenvalue weighted by Crippen LogP contribution is 2.31. The number of aromatic amines is 1. The topological polar surface area (TPSA) is 90.1 Å². The van der Waals surface area contributed by atoms with Crippen LogP contribution in [0.25, 0.3) is 10.9 Å². The zero-order valence-electron chi connectivity index (χ0n) is 16.7. The number of hydrogen-bond acceptors (Lipinski definition) is 5. The second-order valence-electron chi connectivity index (χ2n) is 8.27. The van der Waals surface area contributed by atoms with Crippen molar-refractivity contribution in [2.45, 2.75) is 44.7 Å². The number of nitrogens with zero attached hydrogens (tertiary/aromatic N) is 4. The molecule has 0 amide bonds. The van der Waals surface area contributed by atoms with Crippen LogP contribution in [0.4, 0.5) is 0 Å². The predicted molar refractivity (Wildman–Crippen MR) is 108 cm³/mol. The molecule has 0 unspecified atom stereocenters. The number of aromatic nitrogens is 5. The second-order valence-corrected chi connectivity index (χ2v) is 8.27. The quantitative estimate of drug-likeness (QED) is 0.686. The summed E-state index contributed by atoms with van der Waals surface area (Å²) in [5.41, 5.74) is 2.66. The van der Waals surface area contributed by atoms with Gasteiger partial charge in [0, 0.05) is 5.52 Å². The molecular formula is C21H27N6O2+. The molecule has 3 aromatic rings. The first-order valence-electron chi connectivity index (χ1n) is 10.5. The van der Waals surface area contributed by atoms with Crippen molar-refractivity contribution in [3.05, 3.63) is 51.6 Å². The summed E-state index contributed by atoms with van der Waals surface area (Å²) in [5.74, 6) is 0.797. The number of pyridine rings is 1. The van der Waals surface area contributed by atoms with Crippen molar-refractivity contribution in [2.75, 3.05) is 26.3 Å². The smallest absolute Gasteiger partial charge is 0.258 e. The van der Waals surface area contributed by atoms with Crippen LogP contribution in [0.5, 0.6) is 0 Å². The lowest BCUT2D eigenvalue weighted by Gasteiger charge is -2.31. The molecule has 2 N–H and O–H groups in total. The molecule has 8 heteroatoms. The van der Waals surface area contributed by atoms with E-state index in [2.05, 4.69) is 32.6 Å². The van der Waals surface area contributed by atoms with E-state index in [4.69, 9.17) is 4.74 Å². The highest BCUT2D eigenvalue weighted by atomic mass is 16.5. The highest BCUT2D eigenvalue weighted by Gasteiger charge is 2.36. The average Bonchev–Trinajstić information content (AvgIpc) is 3.41. The first kappa shape index (κ1) is 18.4.